The van der Waals surface area contributed by atoms with Gasteiger partial charge < -0.3 is 8.98 Å². The molecular weight excluding hydrogens is 678 g/mol. The number of aromatic nitrogens is 3. The summed E-state index contributed by atoms with van der Waals surface area (Å²) in [6.45, 7) is 0. The summed E-state index contributed by atoms with van der Waals surface area (Å²) in [4.78, 5) is 10.7. The van der Waals surface area contributed by atoms with E-state index < -0.39 is 0 Å². The van der Waals surface area contributed by atoms with Crippen molar-refractivity contribution in [2.75, 3.05) is 0 Å². The molecule has 0 saturated heterocycles. The molecule has 0 saturated carbocycles. The summed E-state index contributed by atoms with van der Waals surface area (Å²) < 4.78 is 10.5. The molecule has 0 N–H and O–H groups in total. The van der Waals surface area contributed by atoms with E-state index in [0.717, 1.165) is 70.0 Å². The molecule has 6 heteroatoms. The van der Waals surface area contributed by atoms with Gasteiger partial charge in [-0.3, -0.25) is 0 Å². The summed E-state index contributed by atoms with van der Waals surface area (Å²) in [5.41, 5.74) is 7.40. The average molecular weight is 702 g/mol. The van der Waals surface area contributed by atoms with Crippen LogP contribution in [0.25, 0.3) is 113 Å². The number of furan rings is 1. The van der Waals surface area contributed by atoms with E-state index in [2.05, 4.69) is 138 Å². The highest BCUT2D eigenvalue weighted by Crippen LogP contribution is 2.47. The molecular formula is C46H24ClN3OS. The molecule has 0 fully saturated rings. The fourth-order valence-corrected chi connectivity index (χ4v) is 9.57. The number of benzene rings is 8. The van der Waals surface area contributed by atoms with Crippen molar-refractivity contribution in [3.8, 4) is 16.9 Å². The number of hydrogen-bond donors (Lipinski definition) is 0. The molecule has 0 amide bonds. The second-order valence-corrected chi connectivity index (χ2v) is 14.9. The molecule has 8 aromatic carbocycles. The lowest BCUT2D eigenvalue weighted by Crippen LogP contribution is -1.95. The van der Waals surface area contributed by atoms with Crippen molar-refractivity contribution in [3.05, 3.63) is 151 Å². The lowest BCUT2D eigenvalue weighted by Gasteiger charge is -2.11. The van der Waals surface area contributed by atoms with Gasteiger partial charge >= 0.3 is 0 Å². The zero-order valence-corrected chi connectivity index (χ0v) is 29.0. The molecule has 0 aliphatic heterocycles. The van der Waals surface area contributed by atoms with Gasteiger partial charge in [-0.05, 0) is 74.8 Å². The van der Waals surface area contributed by atoms with Gasteiger partial charge in [0.2, 0.25) is 0 Å². The van der Waals surface area contributed by atoms with E-state index in [0.29, 0.717) is 10.8 Å². The molecule has 12 rings (SSSR count). The number of hydrogen-bond acceptors (Lipinski definition) is 4. The summed E-state index contributed by atoms with van der Waals surface area (Å²) in [5, 5.41) is 13.2. The molecule has 0 spiro atoms. The fraction of sp³-hybridized carbons (Fsp3) is 0. The second-order valence-electron chi connectivity index (χ2n) is 13.5. The first kappa shape index (κ1) is 28.4. The van der Waals surface area contributed by atoms with Crippen molar-refractivity contribution in [1.82, 2.24) is 14.5 Å². The third-order valence-corrected chi connectivity index (χ3v) is 12.0. The van der Waals surface area contributed by atoms with E-state index in [4.69, 9.17) is 26.0 Å². The van der Waals surface area contributed by atoms with Crippen LogP contribution < -0.4 is 0 Å². The van der Waals surface area contributed by atoms with Gasteiger partial charge in [0.1, 0.15) is 21.6 Å². The maximum atomic E-state index is 6.99. The lowest BCUT2D eigenvalue weighted by atomic mass is 9.97. The Labute approximate surface area is 304 Å². The van der Waals surface area contributed by atoms with Crippen LogP contribution >= 0.6 is 22.9 Å². The Balaban J connectivity index is 1.18. The molecule has 0 aliphatic rings. The summed E-state index contributed by atoms with van der Waals surface area (Å²) in [7, 11) is 0. The van der Waals surface area contributed by atoms with Crippen LogP contribution in [0.3, 0.4) is 0 Å². The minimum atomic E-state index is 0.398. The third-order valence-electron chi connectivity index (χ3n) is 10.6. The van der Waals surface area contributed by atoms with Crippen molar-refractivity contribution in [2.45, 2.75) is 0 Å². The van der Waals surface area contributed by atoms with Gasteiger partial charge in [-0.1, -0.05) is 115 Å². The number of rotatable bonds is 2. The van der Waals surface area contributed by atoms with E-state index in [9.17, 15) is 0 Å². The van der Waals surface area contributed by atoms with Crippen LogP contribution in [0.15, 0.2) is 150 Å². The van der Waals surface area contributed by atoms with Gasteiger partial charge in [0.05, 0.1) is 11.0 Å². The predicted octanol–water partition coefficient (Wildman–Crippen LogP) is 13.6. The summed E-state index contributed by atoms with van der Waals surface area (Å²) >= 11 is 8.50. The smallest absolute Gasteiger partial charge is 0.160 e. The van der Waals surface area contributed by atoms with Gasteiger partial charge in [0, 0.05) is 42.9 Å². The Morgan fingerprint density at radius 3 is 1.92 bits per heavy atom. The zero-order valence-electron chi connectivity index (χ0n) is 27.4. The van der Waals surface area contributed by atoms with Crippen LogP contribution in [0, 0.1) is 0 Å². The van der Waals surface area contributed by atoms with Crippen LogP contribution in [0.4, 0.5) is 0 Å². The molecule has 4 heterocycles. The maximum Gasteiger partial charge on any atom is 0.160 e. The van der Waals surface area contributed by atoms with Gasteiger partial charge in [0.25, 0.3) is 0 Å². The standard InChI is InChI=1S/C46H24ClN3OS/c47-45-41(49-46-42(48-45)33-15-7-8-16-38(33)52-46)25-17-19-30(20-18-25)50-36-23-28-11-3-1-9-26(28)21-34(36)39-31-13-5-6-14-32(31)40-35-22-27-10-2-4-12-29(27)24-37(35)51-44(40)43(39)50/h1-24H. The molecule has 0 atom stereocenters. The van der Waals surface area contributed by atoms with E-state index >= 15 is 0 Å². The van der Waals surface area contributed by atoms with Gasteiger partial charge in [0.15, 0.2) is 10.7 Å². The molecule has 4 nitrogen and oxygen atoms in total. The first-order valence-corrected chi connectivity index (χ1v) is 18.5. The van der Waals surface area contributed by atoms with Crippen molar-refractivity contribution < 1.29 is 4.42 Å². The molecule has 0 unspecified atom stereocenters. The Bertz CT molecular complexity index is 3480. The van der Waals surface area contributed by atoms with Crippen molar-refractivity contribution >= 4 is 119 Å². The van der Waals surface area contributed by atoms with Crippen LogP contribution in [-0.2, 0) is 0 Å². The zero-order chi connectivity index (χ0) is 34.1. The minimum absolute atomic E-state index is 0.398. The first-order chi connectivity index (χ1) is 25.7. The van der Waals surface area contributed by atoms with Crippen molar-refractivity contribution in [3.63, 3.8) is 0 Å². The normalized spacial score (nSPS) is 12.3. The van der Waals surface area contributed by atoms with Crippen LogP contribution in [0.1, 0.15) is 0 Å². The Hall–Kier alpha value is -6.27. The molecule has 242 valence electrons. The SMILES string of the molecule is Clc1nc2c(nc1-c1ccc(-n3c4cc5ccccc5cc4c4c5ccccc5c5c6cc7ccccc7cc6oc5c43)cc1)sc1ccccc12. The minimum Gasteiger partial charge on any atom is -0.454 e. The molecule has 0 radical (unpaired) electrons. The summed E-state index contributed by atoms with van der Waals surface area (Å²) in [6, 6.07) is 51.7. The maximum absolute atomic E-state index is 6.99. The van der Waals surface area contributed by atoms with E-state index in [1.165, 1.54) is 37.7 Å². The summed E-state index contributed by atoms with van der Waals surface area (Å²) in [5.74, 6) is 0. The predicted molar refractivity (Wildman–Crippen MR) is 220 cm³/mol. The number of fused-ring (bicyclic) bond motifs is 15. The number of nitrogens with zero attached hydrogens (tertiary/aromatic N) is 3. The van der Waals surface area contributed by atoms with E-state index in [1.54, 1.807) is 11.3 Å². The molecule has 0 aliphatic carbocycles. The Morgan fingerprint density at radius 1 is 0.558 bits per heavy atom. The molecule has 52 heavy (non-hydrogen) atoms. The topological polar surface area (TPSA) is 43.9 Å². The summed E-state index contributed by atoms with van der Waals surface area (Å²) in [6.07, 6.45) is 0. The third kappa shape index (κ3) is 3.87. The highest BCUT2D eigenvalue weighted by molar-refractivity contribution is 7.25. The number of thiophene rings is 1. The van der Waals surface area contributed by atoms with Crippen molar-refractivity contribution in [1.29, 1.82) is 0 Å². The monoisotopic (exact) mass is 701 g/mol. The molecule has 0 bridgehead atoms. The Kier molecular flexibility index (Phi) is 5.68. The van der Waals surface area contributed by atoms with Crippen LogP contribution in [0.2, 0.25) is 5.15 Å². The fourth-order valence-electron chi connectivity index (χ4n) is 8.32. The first-order valence-electron chi connectivity index (χ1n) is 17.3. The quantitative estimate of drug-likeness (QED) is 0.180. The lowest BCUT2D eigenvalue weighted by molar-refractivity contribution is 0.672. The number of halogens is 1. The van der Waals surface area contributed by atoms with Crippen molar-refractivity contribution in [2.24, 2.45) is 0 Å². The average Bonchev–Trinajstić information content (AvgIpc) is 3.85. The van der Waals surface area contributed by atoms with Crippen LogP contribution in [0.5, 0.6) is 0 Å². The molecule has 4 aromatic heterocycles. The van der Waals surface area contributed by atoms with E-state index in [1.807, 2.05) is 12.1 Å². The van der Waals surface area contributed by atoms with E-state index in [-0.39, 0.29) is 0 Å². The van der Waals surface area contributed by atoms with Gasteiger partial charge in [-0.15, -0.1) is 11.3 Å². The van der Waals surface area contributed by atoms with Crippen LogP contribution in [-0.4, -0.2) is 14.5 Å². The highest BCUT2D eigenvalue weighted by Gasteiger charge is 2.24. The van der Waals surface area contributed by atoms with Gasteiger partial charge in [-0.25, -0.2) is 9.97 Å². The highest BCUT2D eigenvalue weighted by atomic mass is 35.5. The largest absolute Gasteiger partial charge is 0.454 e. The second kappa shape index (κ2) is 10.4. The van der Waals surface area contributed by atoms with Gasteiger partial charge in [-0.2, -0.15) is 0 Å². The Morgan fingerprint density at radius 2 is 1.17 bits per heavy atom. The molecule has 12 aromatic rings.